The summed E-state index contributed by atoms with van der Waals surface area (Å²) in [7, 11) is 2.08. The minimum absolute atomic E-state index is 0.291. The Morgan fingerprint density at radius 2 is 1.95 bits per heavy atom. The fourth-order valence-electron chi connectivity index (χ4n) is 2.25. The van der Waals surface area contributed by atoms with E-state index in [1.807, 2.05) is 25.1 Å². The molecule has 0 saturated heterocycles. The molecule has 20 heavy (non-hydrogen) atoms. The Bertz CT molecular complexity index is 562. The first-order valence-electron chi connectivity index (χ1n) is 6.75. The van der Waals surface area contributed by atoms with Crippen molar-refractivity contribution in [2.45, 2.75) is 33.0 Å². The molecule has 0 amide bonds. The standard InChI is InChI=1S/C16H21ClN2O/c1-11(13-4-6-15(17)7-5-13)19(3)10-16-8-14(9-18)12(2)20-16/h4-8,11H,9-10,18H2,1-3H3. The van der Waals surface area contributed by atoms with Crippen molar-refractivity contribution in [3.05, 3.63) is 58.0 Å². The molecular formula is C16H21ClN2O. The quantitative estimate of drug-likeness (QED) is 0.909. The van der Waals surface area contributed by atoms with Crippen LogP contribution >= 0.6 is 11.6 Å². The van der Waals surface area contributed by atoms with Gasteiger partial charge in [0, 0.05) is 23.2 Å². The second kappa shape index (κ2) is 6.44. The molecule has 1 aromatic carbocycles. The van der Waals surface area contributed by atoms with Crippen LogP contribution in [0.4, 0.5) is 0 Å². The Kier molecular flexibility index (Phi) is 4.86. The number of furan rings is 1. The van der Waals surface area contributed by atoms with E-state index in [1.165, 1.54) is 5.56 Å². The maximum absolute atomic E-state index is 5.92. The number of nitrogens with zero attached hydrogens (tertiary/aromatic N) is 1. The van der Waals surface area contributed by atoms with E-state index < -0.39 is 0 Å². The van der Waals surface area contributed by atoms with E-state index >= 15 is 0 Å². The van der Waals surface area contributed by atoms with Crippen LogP contribution in [0.2, 0.25) is 5.02 Å². The zero-order valence-electron chi connectivity index (χ0n) is 12.2. The summed E-state index contributed by atoms with van der Waals surface area (Å²) in [5.41, 5.74) is 7.99. The predicted octanol–water partition coefficient (Wildman–Crippen LogP) is 3.89. The molecule has 2 rings (SSSR count). The van der Waals surface area contributed by atoms with Crippen molar-refractivity contribution in [1.82, 2.24) is 4.90 Å². The average molecular weight is 293 g/mol. The SMILES string of the molecule is Cc1oc(CN(C)C(C)c2ccc(Cl)cc2)cc1CN. The van der Waals surface area contributed by atoms with Crippen molar-refractivity contribution in [2.75, 3.05) is 7.05 Å². The molecule has 108 valence electrons. The van der Waals surface area contributed by atoms with E-state index in [0.29, 0.717) is 12.6 Å². The zero-order chi connectivity index (χ0) is 14.7. The largest absolute Gasteiger partial charge is 0.465 e. The van der Waals surface area contributed by atoms with Crippen LogP contribution in [0, 0.1) is 6.92 Å². The predicted molar refractivity (Wildman–Crippen MR) is 82.7 cm³/mol. The van der Waals surface area contributed by atoms with Gasteiger partial charge in [0.15, 0.2) is 0 Å². The molecule has 0 aliphatic rings. The van der Waals surface area contributed by atoms with Crippen molar-refractivity contribution < 1.29 is 4.42 Å². The third-order valence-electron chi connectivity index (χ3n) is 3.71. The molecule has 4 heteroatoms. The van der Waals surface area contributed by atoms with E-state index in [2.05, 4.69) is 31.0 Å². The maximum Gasteiger partial charge on any atom is 0.118 e. The molecule has 0 radical (unpaired) electrons. The smallest absolute Gasteiger partial charge is 0.118 e. The van der Waals surface area contributed by atoms with Crippen LogP contribution < -0.4 is 5.73 Å². The lowest BCUT2D eigenvalue weighted by Crippen LogP contribution is -2.21. The van der Waals surface area contributed by atoms with Gasteiger partial charge in [0.05, 0.1) is 6.54 Å². The third-order valence-corrected chi connectivity index (χ3v) is 3.96. The van der Waals surface area contributed by atoms with Crippen LogP contribution in [0.3, 0.4) is 0 Å². The number of hydrogen-bond donors (Lipinski definition) is 1. The summed E-state index contributed by atoms with van der Waals surface area (Å²) in [5.74, 6) is 1.86. The van der Waals surface area contributed by atoms with Gasteiger partial charge in [-0.05, 0) is 44.7 Å². The Balaban J connectivity index is 2.06. The summed E-state index contributed by atoms with van der Waals surface area (Å²) in [5, 5.41) is 0.762. The highest BCUT2D eigenvalue weighted by molar-refractivity contribution is 6.30. The molecule has 1 heterocycles. The first kappa shape index (κ1) is 15.1. The number of nitrogens with two attached hydrogens (primary N) is 1. The van der Waals surface area contributed by atoms with Gasteiger partial charge in [0.1, 0.15) is 11.5 Å². The molecule has 0 fully saturated rings. The Hall–Kier alpha value is -1.29. The molecule has 2 N–H and O–H groups in total. The van der Waals surface area contributed by atoms with Crippen LogP contribution in [0.25, 0.3) is 0 Å². The van der Waals surface area contributed by atoms with Crippen molar-refractivity contribution >= 4 is 11.6 Å². The Morgan fingerprint density at radius 3 is 2.50 bits per heavy atom. The number of halogens is 1. The molecule has 3 nitrogen and oxygen atoms in total. The monoisotopic (exact) mass is 292 g/mol. The molecule has 0 spiro atoms. The van der Waals surface area contributed by atoms with Gasteiger partial charge >= 0.3 is 0 Å². The number of aryl methyl sites for hydroxylation is 1. The summed E-state index contributed by atoms with van der Waals surface area (Å²) in [6, 6.07) is 10.3. The zero-order valence-corrected chi connectivity index (χ0v) is 12.9. The normalized spacial score (nSPS) is 12.9. The highest BCUT2D eigenvalue weighted by atomic mass is 35.5. The number of rotatable bonds is 5. The van der Waals surface area contributed by atoms with Crippen LogP contribution in [-0.2, 0) is 13.1 Å². The summed E-state index contributed by atoms with van der Waals surface area (Å²) in [4.78, 5) is 2.24. The molecule has 1 atom stereocenters. The van der Waals surface area contributed by atoms with E-state index in [0.717, 1.165) is 28.7 Å². The summed E-state index contributed by atoms with van der Waals surface area (Å²) >= 11 is 5.92. The van der Waals surface area contributed by atoms with Crippen LogP contribution in [0.15, 0.2) is 34.7 Å². The fraction of sp³-hybridized carbons (Fsp3) is 0.375. The topological polar surface area (TPSA) is 42.4 Å². The van der Waals surface area contributed by atoms with Gasteiger partial charge in [-0.25, -0.2) is 0 Å². The maximum atomic E-state index is 5.92. The molecular weight excluding hydrogens is 272 g/mol. The van der Waals surface area contributed by atoms with Crippen LogP contribution in [-0.4, -0.2) is 11.9 Å². The molecule has 0 aliphatic carbocycles. The van der Waals surface area contributed by atoms with E-state index in [1.54, 1.807) is 0 Å². The van der Waals surface area contributed by atoms with E-state index in [-0.39, 0.29) is 0 Å². The van der Waals surface area contributed by atoms with Gasteiger partial charge < -0.3 is 10.2 Å². The first-order chi connectivity index (χ1) is 9.51. The second-order valence-electron chi connectivity index (χ2n) is 5.14. The summed E-state index contributed by atoms with van der Waals surface area (Å²) in [6.07, 6.45) is 0. The van der Waals surface area contributed by atoms with E-state index in [9.17, 15) is 0 Å². The lowest BCUT2D eigenvalue weighted by molar-refractivity contribution is 0.231. The molecule has 0 bridgehead atoms. The fourth-order valence-corrected chi connectivity index (χ4v) is 2.37. The van der Waals surface area contributed by atoms with Crippen molar-refractivity contribution in [1.29, 1.82) is 0 Å². The highest BCUT2D eigenvalue weighted by Crippen LogP contribution is 2.23. The van der Waals surface area contributed by atoms with Crippen molar-refractivity contribution in [2.24, 2.45) is 5.73 Å². The Morgan fingerprint density at radius 1 is 1.30 bits per heavy atom. The molecule has 0 saturated carbocycles. The lowest BCUT2D eigenvalue weighted by atomic mass is 10.1. The molecule has 1 unspecified atom stereocenters. The number of hydrogen-bond acceptors (Lipinski definition) is 3. The molecule has 0 aliphatic heterocycles. The minimum Gasteiger partial charge on any atom is -0.465 e. The average Bonchev–Trinajstić information content (AvgIpc) is 2.78. The van der Waals surface area contributed by atoms with Gasteiger partial charge in [0.2, 0.25) is 0 Å². The van der Waals surface area contributed by atoms with Gasteiger partial charge in [0.25, 0.3) is 0 Å². The highest BCUT2D eigenvalue weighted by Gasteiger charge is 2.14. The summed E-state index contributed by atoms with van der Waals surface area (Å²) < 4.78 is 5.74. The van der Waals surface area contributed by atoms with Gasteiger partial charge in [-0.1, -0.05) is 23.7 Å². The van der Waals surface area contributed by atoms with Crippen molar-refractivity contribution in [3.63, 3.8) is 0 Å². The third kappa shape index (κ3) is 3.42. The summed E-state index contributed by atoms with van der Waals surface area (Å²) in [6.45, 7) is 5.40. The Labute approximate surface area is 125 Å². The van der Waals surface area contributed by atoms with Crippen LogP contribution in [0.1, 0.15) is 35.6 Å². The van der Waals surface area contributed by atoms with Gasteiger partial charge in [-0.15, -0.1) is 0 Å². The second-order valence-corrected chi connectivity index (χ2v) is 5.58. The van der Waals surface area contributed by atoms with Gasteiger partial charge in [-0.3, -0.25) is 4.90 Å². The molecule has 1 aromatic heterocycles. The first-order valence-corrected chi connectivity index (χ1v) is 7.13. The lowest BCUT2D eigenvalue weighted by Gasteiger charge is -2.24. The minimum atomic E-state index is 0.291. The van der Waals surface area contributed by atoms with Gasteiger partial charge in [-0.2, -0.15) is 0 Å². The van der Waals surface area contributed by atoms with E-state index in [4.69, 9.17) is 21.8 Å². The van der Waals surface area contributed by atoms with Crippen LogP contribution in [0.5, 0.6) is 0 Å². The van der Waals surface area contributed by atoms with Crippen molar-refractivity contribution in [3.8, 4) is 0 Å². The molecule has 2 aromatic rings. The number of benzene rings is 1.